The Balaban J connectivity index is 2.46. The van der Waals surface area contributed by atoms with Crippen molar-refractivity contribution in [3.8, 4) is 0 Å². The molecule has 1 rings (SSSR count). The lowest BCUT2D eigenvalue weighted by Crippen LogP contribution is -2.18. The average Bonchev–Trinajstić information content (AvgIpc) is 2.27. The summed E-state index contributed by atoms with van der Waals surface area (Å²) >= 11 is 0. The third kappa shape index (κ3) is 5.30. The van der Waals surface area contributed by atoms with Crippen LogP contribution in [0.25, 0.3) is 0 Å². The molecule has 0 aliphatic rings. The number of carbonyl (C=O) groups is 2. The molecule has 0 aliphatic carbocycles. The van der Waals surface area contributed by atoms with Crippen LogP contribution in [0, 0.1) is 6.92 Å². The lowest BCUT2D eigenvalue weighted by Gasteiger charge is -2.04. The van der Waals surface area contributed by atoms with Crippen molar-refractivity contribution in [2.24, 2.45) is 0 Å². The van der Waals surface area contributed by atoms with E-state index in [-0.39, 0.29) is 12.5 Å². The topological polar surface area (TPSA) is 55.4 Å². The van der Waals surface area contributed by atoms with Gasteiger partial charge in [-0.3, -0.25) is 4.79 Å². The van der Waals surface area contributed by atoms with Crippen LogP contribution in [0.5, 0.6) is 0 Å². The summed E-state index contributed by atoms with van der Waals surface area (Å²) in [4.78, 5) is 22.2. The summed E-state index contributed by atoms with van der Waals surface area (Å²) in [5.41, 5.74) is 2.56. The lowest BCUT2D eigenvalue weighted by molar-refractivity contribution is -0.139. The SMILES string of the molecule is CC(=O)N/C(C)=C\C(=O)OCc1ccc(C)cc1. The van der Waals surface area contributed by atoms with Gasteiger partial charge in [-0.15, -0.1) is 0 Å². The van der Waals surface area contributed by atoms with E-state index in [4.69, 9.17) is 4.74 Å². The molecule has 1 N–H and O–H groups in total. The van der Waals surface area contributed by atoms with Crippen molar-refractivity contribution in [2.75, 3.05) is 0 Å². The fourth-order valence-electron chi connectivity index (χ4n) is 1.37. The van der Waals surface area contributed by atoms with Gasteiger partial charge in [-0.2, -0.15) is 0 Å². The number of hydrogen-bond acceptors (Lipinski definition) is 3. The van der Waals surface area contributed by atoms with Crippen molar-refractivity contribution in [3.63, 3.8) is 0 Å². The number of hydrogen-bond donors (Lipinski definition) is 1. The Morgan fingerprint density at radius 3 is 2.39 bits per heavy atom. The van der Waals surface area contributed by atoms with Crippen LogP contribution in [0.15, 0.2) is 36.0 Å². The molecule has 1 aromatic carbocycles. The van der Waals surface area contributed by atoms with Gasteiger partial charge in [0.05, 0.1) is 0 Å². The van der Waals surface area contributed by atoms with E-state index in [2.05, 4.69) is 5.32 Å². The normalized spacial score (nSPS) is 10.9. The number of esters is 1. The Hall–Kier alpha value is -2.10. The van der Waals surface area contributed by atoms with Crippen molar-refractivity contribution >= 4 is 11.9 Å². The lowest BCUT2D eigenvalue weighted by atomic mass is 10.2. The second-order valence-corrected chi connectivity index (χ2v) is 4.10. The summed E-state index contributed by atoms with van der Waals surface area (Å²) < 4.78 is 5.05. The Bertz CT molecular complexity index is 460. The minimum atomic E-state index is -0.471. The molecule has 0 spiro atoms. The summed E-state index contributed by atoms with van der Waals surface area (Å²) in [6.07, 6.45) is 1.26. The zero-order valence-corrected chi connectivity index (χ0v) is 10.8. The summed E-state index contributed by atoms with van der Waals surface area (Å²) in [7, 11) is 0. The molecule has 4 heteroatoms. The number of aryl methyl sites for hydroxylation is 1. The fourth-order valence-corrected chi connectivity index (χ4v) is 1.37. The summed E-state index contributed by atoms with van der Waals surface area (Å²) in [6.45, 7) is 5.24. The van der Waals surface area contributed by atoms with Crippen molar-refractivity contribution in [2.45, 2.75) is 27.4 Å². The molecular weight excluding hydrogens is 230 g/mol. The number of nitrogens with one attached hydrogen (secondary N) is 1. The molecular formula is C14H17NO3. The zero-order chi connectivity index (χ0) is 13.5. The van der Waals surface area contributed by atoms with Gasteiger partial charge in [0.1, 0.15) is 6.61 Å². The van der Waals surface area contributed by atoms with E-state index in [9.17, 15) is 9.59 Å². The van der Waals surface area contributed by atoms with Crippen LogP contribution in [-0.4, -0.2) is 11.9 Å². The van der Waals surface area contributed by atoms with Gasteiger partial charge in [0, 0.05) is 18.7 Å². The molecule has 0 bridgehead atoms. The van der Waals surface area contributed by atoms with Gasteiger partial charge < -0.3 is 10.1 Å². The first-order valence-corrected chi connectivity index (χ1v) is 5.65. The Morgan fingerprint density at radius 1 is 1.22 bits per heavy atom. The number of carbonyl (C=O) groups excluding carboxylic acids is 2. The minimum Gasteiger partial charge on any atom is -0.458 e. The maximum atomic E-state index is 11.4. The maximum Gasteiger partial charge on any atom is 0.332 e. The molecule has 0 atom stereocenters. The molecule has 0 saturated carbocycles. The smallest absolute Gasteiger partial charge is 0.332 e. The van der Waals surface area contributed by atoms with Gasteiger partial charge in [-0.05, 0) is 19.4 Å². The number of rotatable bonds is 4. The summed E-state index contributed by atoms with van der Waals surface area (Å²) in [6, 6.07) is 7.74. The molecule has 4 nitrogen and oxygen atoms in total. The van der Waals surface area contributed by atoms with Gasteiger partial charge in [-0.1, -0.05) is 29.8 Å². The van der Waals surface area contributed by atoms with Crippen LogP contribution < -0.4 is 5.32 Å². The van der Waals surface area contributed by atoms with E-state index < -0.39 is 5.97 Å². The minimum absolute atomic E-state index is 0.213. The van der Waals surface area contributed by atoms with Gasteiger partial charge >= 0.3 is 5.97 Å². The van der Waals surface area contributed by atoms with Gasteiger partial charge in [0.15, 0.2) is 0 Å². The summed E-state index contributed by atoms with van der Waals surface area (Å²) in [5.74, 6) is -0.683. The molecule has 0 radical (unpaired) electrons. The number of allylic oxidation sites excluding steroid dienone is 1. The highest BCUT2D eigenvalue weighted by Crippen LogP contribution is 2.05. The highest BCUT2D eigenvalue weighted by molar-refractivity contribution is 5.84. The molecule has 96 valence electrons. The van der Waals surface area contributed by atoms with E-state index in [0.29, 0.717) is 5.70 Å². The Kier molecular flexibility index (Phi) is 5.11. The van der Waals surface area contributed by atoms with E-state index >= 15 is 0 Å². The van der Waals surface area contributed by atoms with Crippen LogP contribution >= 0.6 is 0 Å². The van der Waals surface area contributed by atoms with Gasteiger partial charge in [0.2, 0.25) is 5.91 Å². The third-order valence-corrected chi connectivity index (χ3v) is 2.21. The van der Waals surface area contributed by atoms with Crippen molar-refractivity contribution < 1.29 is 14.3 Å². The number of ether oxygens (including phenoxy) is 1. The number of amides is 1. The highest BCUT2D eigenvalue weighted by atomic mass is 16.5. The van der Waals surface area contributed by atoms with Gasteiger partial charge in [0.25, 0.3) is 0 Å². The molecule has 0 aliphatic heterocycles. The van der Waals surface area contributed by atoms with Crippen LogP contribution in [0.3, 0.4) is 0 Å². The van der Waals surface area contributed by atoms with E-state index in [1.165, 1.54) is 13.0 Å². The molecule has 0 unspecified atom stereocenters. The number of benzene rings is 1. The van der Waals surface area contributed by atoms with Crippen molar-refractivity contribution in [1.82, 2.24) is 5.32 Å². The predicted molar refractivity (Wildman–Crippen MR) is 68.5 cm³/mol. The molecule has 18 heavy (non-hydrogen) atoms. The first-order valence-electron chi connectivity index (χ1n) is 5.65. The Morgan fingerprint density at radius 2 is 1.83 bits per heavy atom. The van der Waals surface area contributed by atoms with Crippen LogP contribution in [-0.2, 0) is 20.9 Å². The largest absolute Gasteiger partial charge is 0.458 e. The third-order valence-electron chi connectivity index (χ3n) is 2.21. The zero-order valence-electron chi connectivity index (χ0n) is 10.8. The van der Waals surface area contributed by atoms with Gasteiger partial charge in [-0.25, -0.2) is 4.79 Å². The first-order chi connectivity index (χ1) is 8.47. The fraction of sp³-hybridized carbons (Fsp3) is 0.286. The Labute approximate surface area is 107 Å². The average molecular weight is 247 g/mol. The first kappa shape index (κ1) is 14.0. The maximum absolute atomic E-state index is 11.4. The van der Waals surface area contributed by atoms with E-state index in [1.54, 1.807) is 6.92 Å². The van der Waals surface area contributed by atoms with Crippen LogP contribution in [0.4, 0.5) is 0 Å². The predicted octanol–water partition coefficient (Wildman–Crippen LogP) is 2.08. The second-order valence-electron chi connectivity index (χ2n) is 4.10. The second kappa shape index (κ2) is 6.59. The van der Waals surface area contributed by atoms with Crippen LogP contribution in [0.1, 0.15) is 25.0 Å². The monoisotopic (exact) mass is 247 g/mol. The van der Waals surface area contributed by atoms with Crippen LogP contribution in [0.2, 0.25) is 0 Å². The van der Waals surface area contributed by atoms with E-state index in [1.807, 2.05) is 31.2 Å². The molecule has 1 amide bonds. The van der Waals surface area contributed by atoms with Crippen molar-refractivity contribution in [3.05, 3.63) is 47.2 Å². The standard InChI is InChI=1S/C14H17NO3/c1-10-4-6-13(7-5-10)9-18-14(17)8-11(2)15-12(3)16/h4-8H,9H2,1-3H3,(H,15,16)/b11-8-. The molecule has 0 saturated heterocycles. The molecule has 0 aromatic heterocycles. The molecule has 0 fully saturated rings. The molecule has 1 aromatic rings. The quantitative estimate of drug-likeness (QED) is 0.654. The summed E-state index contributed by atoms with van der Waals surface area (Å²) in [5, 5.41) is 2.50. The molecule has 0 heterocycles. The van der Waals surface area contributed by atoms with Crippen molar-refractivity contribution in [1.29, 1.82) is 0 Å². The van der Waals surface area contributed by atoms with E-state index in [0.717, 1.165) is 11.1 Å². The highest BCUT2D eigenvalue weighted by Gasteiger charge is 2.01.